The molecule has 1 saturated carbocycles. The van der Waals surface area contributed by atoms with E-state index in [-0.39, 0.29) is 35.6 Å². The summed E-state index contributed by atoms with van der Waals surface area (Å²) in [5.41, 5.74) is 6.14. The van der Waals surface area contributed by atoms with Gasteiger partial charge in [-0.3, -0.25) is 9.59 Å². The Kier molecular flexibility index (Phi) is 13.6. The first kappa shape index (κ1) is 47.2. The Labute approximate surface area is 414 Å². The van der Waals surface area contributed by atoms with Crippen molar-refractivity contribution in [2.75, 3.05) is 37.7 Å². The molecule has 6 aromatic carbocycles. The standard InChI is InChI=1S/C61H61N3O7/c1-4-5-8-13-42-18-20-43(21-19-42)44-22-24-45(25-23-44)46-26-28-47(29-27-46)57(65)63-36-34-62(35-37-63)50-30-31-51-53(40-50)56-54(58(66)64(60(68)70-56)38-39-69-59(67)41(2)3)52-32-33-61(71-55(51)52,48-14-9-6-10-15-48)49-16-11-7-12-17-49/h6-7,9-12,14-17,22-33,40,42-43H,2,4-5,8,13,18-21,34-39H2,1,3H3/t42-,43-. The van der Waals surface area contributed by atoms with Gasteiger partial charge >= 0.3 is 11.7 Å². The molecule has 0 radical (unpaired) electrons. The van der Waals surface area contributed by atoms with Crippen molar-refractivity contribution in [1.29, 1.82) is 0 Å². The maximum atomic E-state index is 14.6. The van der Waals surface area contributed by atoms with E-state index in [9.17, 15) is 19.2 Å². The number of carbonyl (C=O) groups is 2. The van der Waals surface area contributed by atoms with Crippen LogP contribution in [-0.4, -0.2) is 54.1 Å². The lowest BCUT2D eigenvalue weighted by molar-refractivity contribution is -0.139. The Hall–Kier alpha value is -7.46. The van der Waals surface area contributed by atoms with Gasteiger partial charge in [-0.15, -0.1) is 0 Å². The summed E-state index contributed by atoms with van der Waals surface area (Å²) in [4.78, 5) is 58.5. The van der Waals surface area contributed by atoms with Crippen molar-refractivity contribution in [1.82, 2.24) is 9.47 Å². The van der Waals surface area contributed by atoms with Crippen molar-refractivity contribution in [3.8, 4) is 16.9 Å². The smallest absolute Gasteiger partial charge is 0.422 e. The van der Waals surface area contributed by atoms with E-state index in [0.29, 0.717) is 59.7 Å². The number of nitrogens with zero attached hydrogens (tertiary/aromatic N) is 3. The van der Waals surface area contributed by atoms with Crippen molar-refractivity contribution in [3.05, 3.63) is 194 Å². The molecule has 7 aromatic rings. The lowest BCUT2D eigenvalue weighted by atomic mass is 9.77. The number of anilines is 1. The zero-order valence-corrected chi connectivity index (χ0v) is 40.7. The summed E-state index contributed by atoms with van der Waals surface area (Å²) in [6.45, 7) is 9.12. The number of esters is 1. The highest BCUT2D eigenvalue weighted by molar-refractivity contribution is 6.12. The lowest BCUT2D eigenvalue weighted by Crippen LogP contribution is -2.48. The molecule has 0 bridgehead atoms. The Morgan fingerprint density at radius 3 is 2.04 bits per heavy atom. The fourth-order valence-electron chi connectivity index (χ4n) is 10.9. The molecule has 0 spiro atoms. The Morgan fingerprint density at radius 2 is 1.41 bits per heavy atom. The monoisotopic (exact) mass is 947 g/mol. The number of fused-ring (bicyclic) bond motifs is 6. The van der Waals surface area contributed by atoms with Crippen LogP contribution in [0, 0.1) is 5.92 Å². The molecule has 2 fully saturated rings. The van der Waals surface area contributed by atoms with Crippen molar-refractivity contribution in [2.24, 2.45) is 5.92 Å². The highest BCUT2D eigenvalue weighted by atomic mass is 16.5. The SMILES string of the molecule is C=C(C)C(=O)OCCn1c(=O)oc2c(c3c(c4ccc(N5CCN(C(=O)c6ccc(-c7ccc([C@H]8CC[C@H](CCCCC)CC8)cc7)cc6)CC5)cc42)OC(c2ccccc2)(c2ccccc2)C=C3)c1=O. The molecule has 1 aromatic heterocycles. The number of unbranched alkanes of at least 4 members (excludes halogenated alkanes) is 2. The summed E-state index contributed by atoms with van der Waals surface area (Å²) < 4.78 is 19.5. The van der Waals surface area contributed by atoms with Crippen LogP contribution >= 0.6 is 0 Å². The van der Waals surface area contributed by atoms with Gasteiger partial charge in [0, 0.05) is 70.5 Å². The van der Waals surface area contributed by atoms with E-state index in [1.54, 1.807) is 0 Å². The van der Waals surface area contributed by atoms with Crippen molar-refractivity contribution >= 4 is 45.4 Å². The van der Waals surface area contributed by atoms with E-state index in [0.717, 1.165) is 38.4 Å². The second-order valence-corrected chi connectivity index (χ2v) is 19.5. The first-order valence-electron chi connectivity index (χ1n) is 25.4. The first-order valence-corrected chi connectivity index (χ1v) is 25.4. The summed E-state index contributed by atoms with van der Waals surface area (Å²) in [7, 11) is 0. The average molecular weight is 948 g/mol. The Bertz CT molecular complexity index is 3190. The third-order valence-electron chi connectivity index (χ3n) is 15.0. The van der Waals surface area contributed by atoms with Gasteiger partial charge in [0.1, 0.15) is 12.4 Å². The van der Waals surface area contributed by atoms with Gasteiger partial charge < -0.3 is 23.7 Å². The normalized spacial score (nSPS) is 17.4. The molecule has 0 unspecified atom stereocenters. The second-order valence-electron chi connectivity index (χ2n) is 19.5. The number of hydrogen-bond acceptors (Lipinski definition) is 8. The van der Waals surface area contributed by atoms with E-state index in [2.05, 4.69) is 42.7 Å². The van der Waals surface area contributed by atoms with Gasteiger partial charge in [0.2, 0.25) is 0 Å². The zero-order chi connectivity index (χ0) is 49.1. The van der Waals surface area contributed by atoms with E-state index in [1.165, 1.54) is 63.9 Å². The predicted octanol–water partition coefficient (Wildman–Crippen LogP) is 12.1. The van der Waals surface area contributed by atoms with Crippen LogP contribution in [0.4, 0.5) is 5.69 Å². The summed E-state index contributed by atoms with van der Waals surface area (Å²) in [6.07, 6.45) is 14.5. The summed E-state index contributed by atoms with van der Waals surface area (Å²) in [6, 6.07) is 42.8. The van der Waals surface area contributed by atoms with E-state index < -0.39 is 22.9 Å². The minimum absolute atomic E-state index is 0.00838. The molecule has 1 saturated heterocycles. The van der Waals surface area contributed by atoms with Gasteiger partial charge in [-0.25, -0.2) is 14.2 Å². The van der Waals surface area contributed by atoms with Crippen molar-refractivity contribution < 1.29 is 23.5 Å². The van der Waals surface area contributed by atoms with Crippen molar-refractivity contribution in [3.63, 3.8) is 0 Å². The average Bonchev–Trinajstić information content (AvgIpc) is 3.42. The Morgan fingerprint density at radius 1 is 0.761 bits per heavy atom. The fraction of sp³-hybridized carbons (Fsp3) is 0.311. The quantitative estimate of drug-likeness (QED) is 0.0459. The fourth-order valence-corrected chi connectivity index (χ4v) is 10.9. The molecule has 10 heteroatoms. The number of piperazine rings is 1. The number of ether oxygens (including phenoxy) is 2. The van der Waals surface area contributed by atoms with Crippen molar-refractivity contribution in [2.45, 2.75) is 83.3 Å². The molecule has 0 N–H and O–H groups in total. The van der Waals surface area contributed by atoms with Crippen LogP contribution in [0.3, 0.4) is 0 Å². The molecule has 1 amide bonds. The molecular formula is C61H61N3O7. The van der Waals surface area contributed by atoms with Gasteiger partial charge in [0.15, 0.2) is 11.2 Å². The van der Waals surface area contributed by atoms with Crippen LogP contribution < -0.4 is 21.0 Å². The predicted molar refractivity (Wildman–Crippen MR) is 282 cm³/mol. The minimum Gasteiger partial charge on any atom is -0.472 e. The van der Waals surface area contributed by atoms with Gasteiger partial charge in [-0.05, 0) is 104 Å². The van der Waals surface area contributed by atoms with Gasteiger partial charge in [0.05, 0.1) is 11.9 Å². The number of amides is 1. The molecule has 1 aliphatic carbocycles. The van der Waals surface area contributed by atoms with Gasteiger partial charge in [-0.1, -0.05) is 136 Å². The number of carbonyl (C=O) groups excluding carboxylic acids is 2. The second kappa shape index (κ2) is 20.5. The molecule has 3 heterocycles. The first-order chi connectivity index (χ1) is 34.6. The maximum Gasteiger partial charge on any atom is 0.422 e. The third-order valence-corrected chi connectivity index (χ3v) is 15.0. The van der Waals surface area contributed by atoms with E-state index >= 15 is 0 Å². The molecule has 10 rings (SSSR count). The maximum absolute atomic E-state index is 14.6. The lowest BCUT2D eigenvalue weighted by Gasteiger charge is -2.37. The van der Waals surface area contributed by atoms with Crippen LogP contribution in [0.1, 0.15) is 104 Å². The van der Waals surface area contributed by atoms with Crippen LogP contribution in [0.15, 0.2) is 160 Å². The van der Waals surface area contributed by atoms with Crippen LogP contribution in [0.25, 0.3) is 38.9 Å². The third kappa shape index (κ3) is 9.47. The molecule has 71 heavy (non-hydrogen) atoms. The van der Waals surface area contributed by atoms with Gasteiger partial charge in [-0.2, -0.15) is 0 Å². The molecule has 2 aliphatic heterocycles. The molecule has 10 nitrogen and oxygen atoms in total. The minimum atomic E-state index is -1.05. The summed E-state index contributed by atoms with van der Waals surface area (Å²) >= 11 is 0. The van der Waals surface area contributed by atoms with Crippen LogP contribution in [0.2, 0.25) is 0 Å². The molecule has 362 valence electrons. The van der Waals surface area contributed by atoms with Crippen LogP contribution in [0.5, 0.6) is 5.75 Å². The molecule has 0 atom stereocenters. The number of benzene rings is 6. The number of rotatable bonds is 14. The largest absolute Gasteiger partial charge is 0.472 e. The topological polar surface area (TPSA) is 111 Å². The highest BCUT2D eigenvalue weighted by Crippen LogP contribution is 2.48. The van der Waals surface area contributed by atoms with E-state index in [1.807, 2.05) is 120 Å². The number of hydrogen-bond donors (Lipinski definition) is 0. The van der Waals surface area contributed by atoms with E-state index in [4.69, 9.17) is 13.9 Å². The van der Waals surface area contributed by atoms with Crippen LogP contribution in [-0.2, 0) is 21.7 Å². The summed E-state index contributed by atoms with van der Waals surface area (Å²) in [5, 5.41) is 1.37. The Balaban J connectivity index is 0.894. The zero-order valence-electron chi connectivity index (χ0n) is 40.7. The number of aromatic nitrogens is 1. The molecule has 3 aliphatic rings. The van der Waals surface area contributed by atoms with Gasteiger partial charge in [0.25, 0.3) is 11.5 Å². The summed E-state index contributed by atoms with van der Waals surface area (Å²) in [5.74, 6) is 0.504. The highest BCUT2D eigenvalue weighted by Gasteiger charge is 2.39. The molecular weight excluding hydrogens is 887 g/mol.